The van der Waals surface area contributed by atoms with E-state index >= 15 is 0 Å². The molecule has 8 heteroatoms. The van der Waals surface area contributed by atoms with Gasteiger partial charge in [0, 0.05) is 35.2 Å². The lowest BCUT2D eigenvalue weighted by atomic mass is 9.68. The van der Waals surface area contributed by atoms with Crippen molar-refractivity contribution in [1.29, 1.82) is 5.26 Å². The van der Waals surface area contributed by atoms with Gasteiger partial charge in [0.25, 0.3) is 5.91 Å². The van der Waals surface area contributed by atoms with Crippen molar-refractivity contribution >= 4 is 40.1 Å². The van der Waals surface area contributed by atoms with Gasteiger partial charge in [-0.05, 0) is 42.9 Å². The first kappa shape index (κ1) is 23.9. The quantitative estimate of drug-likeness (QED) is 0.0846. The van der Waals surface area contributed by atoms with Crippen molar-refractivity contribution in [3.63, 3.8) is 0 Å². The minimum atomic E-state index is -0.156. The van der Waals surface area contributed by atoms with Crippen LogP contribution in [0.4, 0.5) is 5.69 Å². The minimum absolute atomic E-state index is 0.136. The van der Waals surface area contributed by atoms with Gasteiger partial charge in [-0.2, -0.15) is 5.26 Å². The average Bonchev–Trinajstić information content (AvgIpc) is 2.84. The number of guanidine groups is 1. The molecule has 0 aliphatic heterocycles. The molecule has 0 spiro atoms. The van der Waals surface area contributed by atoms with E-state index < -0.39 is 0 Å². The van der Waals surface area contributed by atoms with Crippen LogP contribution in [0.25, 0.3) is 0 Å². The number of aliphatic imine (C=N–C) groups is 1. The second kappa shape index (κ2) is 11.2. The highest BCUT2D eigenvalue weighted by atomic mass is 127. The molecule has 1 amide bonds. The number of nitrogens with one attached hydrogen (secondary N) is 3. The standard InChI is InChI=1S/C24H29IN6O/c1-28-23(30-16-26)31-19-10-12-24(13-11-19,18-7-3-2-4-8-18)15-29-22(32)20-9-5-6-17(14-25)21(20)27/h2-9,19H,10-15,27H2,1H3,(H,29,32)(H2,28,30,31). The monoisotopic (exact) mass is 544 g/mol. The van der Waals surface area contributed by atoms with Gasteiger partial charge in [-0.25, -0.2) is 0 Å². The Morgan fingerprint density at radius 2 is 1.94 bits per heavy atom. The number of nitrogen functional groups attached to an aromatic ring is 1. The Hall–Kier alpha value is -2.80. The SMILES string of the molecule is CN=C(NC#N)NC1CCC(CNC(=O)c2cccc(CI)c2N)(c2ccccc2)CC1. The van der Waals surface area contributed by atoms with Crippen molar-refractivity contribution in [1.82, 2.24) is 16.0 Å². The summed E-state index contributed by atoms with van der Waals surface area (Å²) in [5.74, 6) is 0.354. The Kier molecular flexibility index (Phi) is 8.33. The van der Waals surface area contributed by atoms with Crippen LogP contribution in [0.15, 0.2) is 53.5 Å². The van der Waals surface area contributed by atoms with Gasteiger partial charge in [0.2, 0.25) is 5.96 Å². The van der Waals surface area contributed by atoms with E-state index in [4.69, 9.17) is 11.0 Å². The largest absolute Gasteiger partial charge is 0.398 e. The van der Waals surface area contributed by atoms with Crippen LogP contribution in [0.3, 0.4) is 0 Å². The summed E-state index contributed by atoms with van der Waals surface area (Å²) in [6, 6.07) is 16.2. The molecule has 0 saturated heterocycles. The lowest BCUT2D eigenvalue weighted by Crippen LogP contribution is -2.49. The van der Waals surface area contributed by atoms with E-state index in [0.29, 0.717) is 23.8 Å². The van der Waals surface area contributed by atoms with Crippen LogP contribution >= 0.6 is 22.6 Å². The van der Waals surface area contributed by atoms with E-state index in [2.05, 4.69) is 55.7 Å². The zero-order valence-corrected chi connectivity index (χ0v) is 20.4. The summed E-state index contributed by atoms with van der Waals surface area (Å²) >= 11 is 2.25. The number of halogens is 1. The summed E-state index contributed by atoms with van der Waals surface area (Å²) in [5.41, 5.74) is 9.37. The first-order chi connectivity index (χ1) is 15.5. The predicted octanol–water partition coefficient (Wildman–Crippen LogP) is 3.46. The highest BCUT2D eigenvalue weighted by Crippen LogP contribution is 2.39. The molecule has 2 aromatic rings. The summed E-state index contributed by atoms with van der Waals surface area (Å²) in [7, 11) is 1.65. The van der Waals surface area contributed by atoms with Gasteiger partial charge in [-0.3, -0.25) is 15.1 Å². The smallest absolute Gasteiger partial charge is 0.253 e. The molecule has 0 atom stereocenters. The predicted molar refractivity (Wildman–Crippen MR) is 137 cm³/mol. The number of nitrogens with zero attached hydrogens (tertiary/aromatic N) is 2. The number of nitrogens with two attached hydrogens (primary N) is 1. The number of para-hydroxylation sites is 1. The first-order valence-corrected chi connectivity index (χ1v) is 12.2. The van der Waals surface area contributed by atoms with E-state index in [1.807, 2.05) is 36.5 Å². The molecule has 1 fully saturated rings. The molecule has 0 aromatic heterocycles. The Bertz CT molecular complexity index is 993. The van der Waals surface area contributed by atoms with Crippen LogP contribution in [-0.2, 0) is 9.84 Å². The van der Waals surface area contributed by atoms with Crippen molar-refractivity contribution in [2.75, 3.05) is 19.3 Å². The molecule has 0 radical (unpaired) electrons. The van der Waals surface area contributed by atoms with Gasteiger partial charge < -0.3 is 16.4 Å². The number of hydrogen-bond donors (Lipinski definition) is 4. The fourth-order valence-corrected chi connectivity index (χ4v) is 5.01. The normalized spacial score (nSPS) is 20.8. The summed E-state index contributed by atoms with van der Waals surface area (Å²) in [6.07, 6.45) is 5.53. The van der Waals surface area contributed by atoms with Crippen molar-refractivity contribution in [3.05, 3.63) is 65.2 Å². The molecule has 168 valence electrons. The Labute approximate surface area is 203 Å². The maximum absolute atomic E-state index is 13.0. The van der Waals surface area contributed by atoms with Gasteiger partial charge in [-0.15, -0.1) is 0 Å². The second-order valence-electron chi connectivity index (χ2n) is 8.07. The fourth-order valence-electron chi connectivity index (χ4n) is 4.35. The lowest BCUT2D eigenvalue weighted by molar-refractivity contribution is 0.0936. The van der Waals surface area contributed by atoms with Crippen LogP contribution in [-0.4, -0.2) is 31.5 Å². The minimum Gasteiger partial charge on any atom is -0.398 e. The molecule has 0 bridgehead atoms. The molecule has 1 aliphatic rings. The number of hydrogen-bond acceptors (Lipinski definition) is 4. The van der Waals surface area contributed by atoms with E-state index in [1.165, 1.54) is 5.56 Å². The number of rotatable bonds is 6. The van der Waals surface area contributed by atoms with Crippen molar-refractivity contribution in [3.8, 4) is 6.19 Å². The summed E-state index contributed by atoms with van der Waals surface area (Å²) in [6.45, 7) is 0.543. The zero-order chi connectivity index (χ0) is 23.0. The van der Waals surface area contributed by atoms with Crippen LogP contribution in [0, 0.1) is 11.5 Å². The number of amides is 1. The van der Waals surface area contributed by atoms with E-state index in [-0.39, 0.29) is 17.4 Å². The van der Waals surface area contributed by atoms with Crippen LogP contribution in [0.1, 0.15) is 47.2 Å². The Balaban J connectivity index is 1.74. The third kappa shape index (κ3) is 5.51. The number of benzene rings is 2. The third-order valence-corrected chi connectivity index (χ3v) is 7.06. The van der Waals surface area contributed by atoms with Crippen molar-refractivity contribution in [2.24, 2.45) is 4.99 Å². The van der Waals surface area contributed by atoms with Gasteiger partial charge in [0.15, 0.2) is 6.19 Å². The number of alkyl halides is 1. The van der Waals surface area contributed by atoms with E-state index in [0.717, 1.165) is 35.7 Å². The Morgan fingerprint density at radius 1 is 1.22 bits per heavy atom. The Morgan fingerprint density at radius 3 is 2.56 bits per heavy atom. The highest BCUT2D eigenvalue weighted by Gasteiger charge is 2.37. The molecule has 3 rings (SSSR count). The summed E-state index contributed by atoms with van der Waals surface area (Å²) < 4.78 is 0.761. The third-order valence-electron chi connectivity index (χ3n) is 6.24. The first-order valence-electron chi connectivity index (χ1n) is 10.7. The number of anilines is 1. The molecule has 2 aromatic carbocycles. The van der Waals surface area contributed by atoms with Crippen LogP contribution in [0.2, 0.25) is 0 Å². The zero-order valence-electron chi connectivity index (χ0n) is 18.2. The number of nitriles is 1. The molecule has 5 N–H and O–H groups in total. The number of carbonyl (C=O) groups is 1. The van der Waals surface area contributed by atoms with E-state index in [9.17, 15) is 4.79 Å². The average molecular weight is 544 g/mol. The number of carbonyl (C=O) groups excluding carboxylic acids is 1. The molecular formula is C24H29IN6O. The molecule has 7 nitrogen and oxygen atoms in total. The topological polar surface area (TPSA) is 115 Å². The highest BCUT2D eigenvalue weighted by molar-refractivity contribution is 14.1. The van der Waals surface area contributed by atoms with Gasteiger partial charge in [0.05, 0.1) is 5.56 Å². The van der Waals surface area contributed by atoms with Crippen molar-refractivity contribution in [2.45, 2.75) is 41.6 Å². The van der Waals surface area contributed by atoms with Gasteiger partial charge in [0.1, 0.15) is 0 Å². The molecule has 0 heterocycles. The molecule has 1 aliphatic carbocycles. The van der Waals surface area contributed by atoms with Crippen LogP contribution < -0.4 is 21.7 Å². The van der Waals surface area contributed by atoms with Gasteiger partial charge >= 0.3 is 0 Å². The maximum Gasteiger partial charge on any atom is 0.253 e. The van der Waals surface area contributed by atoms with Gasteiger partial charge in [-0.1, -0.05) is 65.1 Å². The molecule has 32 heavy (non-hydrogen) atoms. The molecule has 1 saturated carbocycles. The van der Waals surface area contributed by atoms with Crippen molar-refractivity contribution < 1.29 is 4.79 Å². The molecular weight excluding hydrogens is 515 g/mol. The summed E-state index contributed by atoms with van der Waals surface area (Å²) in [4.78, 5) is 17.1. The second-order valence-corrected chi connectivity index (χ2v) is 8.83. The fraction of sp³-hybridized carbons (Fsp3) is 0.375. The molecule has 0 unspecified atom stereocenters. The maximum atomic E-state index is 13.0. The van der Waals surface area contributed by atoms with E-state index in [1.54, 1.807) is 13.1 Å². The lowest BCUT2D eigenvalue weighted by Gasteiger charge is -2.41. The van der Waals surface area contributed by atoms with Crippen LogP contribution in [0.5, 0.6) is 0 Å². The summed E-state index contributed by atoms with van der Waals surface area (Å²) in [5, 5.41) is 17.9.